The predicted molar refractivity (Wildman–Crippen MR) is 147 cm³/mol. The Kier molecular flexibility index (Phi) is 5.26. The van der Waals surface area contributed by atoms with Gasteiger partial charge in [-0.05, 0) is 62.6 Å². The van der Waals surface area contributed by atoms with Gasteiger partial charge in [-0.15, -0.1) is 0 Å². The number of likely N-dealkylation sites (tertiary alicyclic amines) is 2. The number of rotatable bonds is 6. The van der Waals surface area contributed by atoms with E-state index in [1.54, 1.807) is 13.3 Å². The third-order valence-corrected chi connectivity index (χ3v) is 10.2. The smallest absolute Gasteiger partial charge is 0.219 e. The molecule has 9 nitrogen and oxygen atoms in total. The van der Waals surface area contributed by atoms with E-state index in [0.717, 1.165) is 85.9 Å². The summed E-state index contributed by atoms with van der Waals surface area (Å²) >= 11 is 0. The first-order valence-electron chi connectivity index (χ1n) is 14.5. The van der Waals surface area contributed by atoms with Crippen LogP contribution >= 0.6 is 0 Å². The van der Waals surface area contributed by atoms with Gasteiger partial charge in [0.05, 0.1) is 11.5 Å². The fourth-order valence-corrected chi connectivity index (χ4v) is 8.05. The predicted octanol–water partition coefficient (Wildman–Crippen LogP) is 3.78. The quantitative estimate of drug-likeness (QED) is 0.520. The number of aromatic nitrogens is 3. The Morgan fingerprint density at radius 3 is 2.64 bits per heavy atom. The highest BCUT2D eigenvalue weighted by atomic mass is 16.6. The van der Waals surface area contributed by atoms with Crippen LogP contribution in [-0.2, 0) is 9.53 Å². The Bertz CT molecular complexity index is 1440. The van der Waals surface area contributed by atoms with Crippen LogP contribution in [0.4, 0.5) is 5.82 Å². The lowest BCUT2D eigenvalue weighted by molar-refractivity contribution is -0.131. The lowest BCUT2D eigenvalue weighted by Crippen LogP contribution is -2.55. The third kappa shape index (κ3) is 3.77. The second-order valence-corrected chi connectivity index (χ2v) is 12.4. The van der Waals surface area contributed by atoms with Crippen molar-refractivity contribution in [2.45, 2.75) is 87.7 Å². The number of benzene rings is 1. The number of hydrogen-bond acceptors (Lipinski definition) is 7. The first kappa shape index (κ1) is 23.7. The van der Waals surface area contributed by atoms with Crippen LogP contribution in [0.2, 0.25) is 0 Å². The number of fused-ring (bicyclic) bond motifs is 5. The molecular formula is C30H36N6O3. The van der Waals surface area contributed by atoms with Crippen molar-refractivity contribution in [3.63, 3.8) is 0 Å². The minimum atomic E-state index is -0.102. The van der Waals surface area contributed by atoms with Gasteiger partial charge in [-0.25, -0.2) is 9.97 Å². The van der Waals surface area contributed by atoms with Crippen LogP contribution in [0.3, 0.4) is 0 Å². The molecule has 2 unspecified atom stereocenters. The molecule has 3 aromatic rings. The summed E-state index contributed by atoms with van der Waals surface area (Å²) in [7, 11) is 0. The Hall–Kier alpha value is -3.17. The number of amides is 1. The second-order valence-electron chi connectivity index (χ2n) is 12.4. The van der Waals surface area contributed by atoms with Crippen molar-refractivity contribution in [2.24, 2.45) is 0 Å². The van der Waals surface area contributed by atoms with Crippen LogP contribution in [0.25, 0.3) is 22.2 Å². The fourth-order valence-electron chi connectivity index (χ4n) is 8.05. The molecule has 8 rings (SSSR count). The number of piperazine rings is 1. The van der Waals surface area contributed by atoms with E-state index in [1.807, 2.05) is 12.1 Å². The van der Waals surface area contributed by atoms with Crippen LogP contribution in [0.15, 0.2) is 36.8 Å². The topological polar surface area (TPSA) is 98.7 Å². The molecule has 1 aliphatic carbocycles. The van der Waals surface area contributed by atoms with Gasteiger partial charge in [-0.2, -0.15) is 0 Å². The van der Waals surface area contributed by atoms with Crippen LogP contribution < -0.4 is 10.5 Å². The zero-order valence-electron chi connectivity index (χ0n) is 22.5. The molecule has 4 bridgehead atoms. The van der Waals surface area contributed by atoms with Gasteiger partial charge in [0, 0.05) is 55.9 Å². The number of carbonyl (C=O) groups is 1. The number of anilines is 1. The summed E-state index contributed by atoms with van der Waals surface area (Å²) in [6.07, 6.45) is 12.0. The SMILES string of the molecule is CC(=O)N1CC2CC1CN2C1CC(n2cc(-c3cccc(OC[C@]45CC[C@H](CC4)O5)c3)c3c(N)ncnc32)C1. The molecule has 1 amide bonds. The number of ether oxygens (including phenoxy) is 2. The molecule has 5 aliphatic rings. The maximum atomic E-state index is 11.9. The summed E-state index contributed by atoms with van der Waals surface area (Å²) in [6, 6.07) is 10.1. The maximum Gasteiger partial charge on any atom is 0.219 e. The lowest BCUT2D eigenvalue weighted by Gasteiger charge is -2.46. The van der Waals surface area contributed by atoms with Gasteiger partial charge in [0.2, 0.25) is 5.91 Å². The molecule has 1 aromatic carbocycles. The van der Waals surface area contributed by atoms with Crippen LogP contribution in [0.5, 0.6) is 5.75 Å². The molecule has 204 valence electrons. The van der Waals surface area contributed by atoms with E-state index in [2.05, 4.69) is 42.7 Å². The molecule has 2 N–H and O–H groups in total. The van der Waals surface area contributed by atoms with E-state index < -0.39 is 0 Å². The first-order chi connectivity index (χ1) is 19.0. The lowest BCUT2D eigenvalue weighted by atomic mass is 9.84. The fraction of sp³-hybridized carbons (Fsp3) is 0.567. The molecule has 1 saturated carbocycles. The molecule has 39 heavy (non-hydrogen) atoms. The molecule has 2 aromatic heterocycles. The number of nitrogen functional groups attached to an aromatic ring is 1. The largest absolute Gasteiger partial charge is 0.491 e. The van der Waals surface area contributed by atoms with E-state index in [0.29, 0.717) is 42.7 Å². The first-order valence-corrected chi connectivity index (χ1v) is 14.5. The zero-order chi connectivity index (χ0) is 26.3. The highest BCUT2D eigenvalue weighted by molar-refractivity contribution is 6.00. The van der Waals surface area contributed by atoms with Crippen molar-refractivity contribution < 1.29 is 14.3 Å². The molecule has 9 heteroatoms. The van der Waals surface area contributed by atoms with Crippen molar-refractivity contribution in [1.29, 1.82) is 0 Å². The molecular weight excluding hydrogens is 492 g/mol. The van der Waals surface area contributed by atoms with Crippen molar-refractivity contribution in [3.8, 4) is 16.9 Å². The Morgan fingerprint density at radius 2 is 1.92 bits per heavy atom. The van der Waals surface area contributed by atoms with Gasteiger partial charge < -0.3 is 24.7 Å². The summed E-state index contributed by atoms with van der Waals surface area (Å²) in [6.45, 7) is 4.19. The minimum absolute atomic E-state index is 0.102. The number of nitrogens with two attached hydrogens (primary N) is 1. The second kappa shape index (κ2) is 8.66. The van der Waals surface area contributed by atoms with Crippen LogP contribution in [0.1, 0.15) is 57.9 Å². The van der Waals surface area contributed by atoms with Gasteiger partial charge in [-0.1, -0.05) is 12.1 Å². The minimum Gasteiger partial charge on any atom is -0.491 e. The van der Waals surface area contributed by atoms with Gasteiger partial charge in [0.15, 0.2) is 0 Å². The Labute approximate surface area is 228 Å². The Balaban J connectivity index is 1.02. The normalized spacial score (nSPS) is 33.3. The molecule has 5 fully saturated rings. The van der Waals surface area contributed by atoms with Gasteiger partial charge in [0.25, 0.3) is 0 Å². The third-order valence-electron chi connectivity index (χ3n) is 10.2. The average molecular weight is 529 g/mol. The number of carbonyl (C=O) groups excluding carboxylic acids is 1. The van der Waals surface area contributed by atoms with E-state index in [-0.39, 0.29) is 11.5 Å². The summed E-state index contributed by atoms with van der Waals surface area (Å²) in [5.74, 6) is 1.57. The average Bonchev–Trinajstić information content (AvgIpc) is 3.74. The van der Waals surface area contributed by atoms with Gasteiger partial charge in [-0.3, -0.25) is 9.69 Å². The number of nitrogens with zero attached hydrogens (tertiary/aromatic N) is 5. The van der Waals surface area contributed by atoms with Crippen molar-refractivity contribution in [2.75, 3.05) is 25.4 Å². The maximum absolute atomic E-state index is 11.9. The number of hydrogen-bond donors (Lipinski definition) is 1. The van der Waals surface area contributed by atoms with E-state index in [1.165, 1.54) is 0 Å². The zero-order valence-corrected chi connectivity index (χ0v) is 22.5. The monoisotopic (exact) mass is 528 g/mol. The summed E-state index contributed by atoms with van der Waals surface area (Å²) < 4.78 is 14.8. The molecule has 4 aliphatic heterocycles. The Morgan fingerprint density at radius 1 is 1.10 bits per heavy atom. The summed E-state index contributed by atoms with van der Waals surface area (Å²) in [5, 5.41) is 0.909. The van der Waals surface area contributed by atoms with Crippen molar-refractivity contribution in [1.82, 2.24) is 24.3 Å². The summed E-state index contributed by atoms with van der Waals surface area (Å²) in [5.41, 5.74) is 9.34. The molecule has 0 radical (unpaired) electrons. The van der Waals surface area contributed by atoms with Crippen LogP contribution in [-0.4, -0.2) is 79.8 Å². The molecule has 4 saturated heterocycles. The molecule has 0 spiro atoms. The van der Waals surface area contributed by atoms with E-state index in [9.17, 15) is 4.79 Å². The highest BCUT2D eigenvalue weighted by Gasteiger charge is 2.50. The van der Waals surface area contributed by atoms with Gasteiger partial charge >= 0.3 is 0 Å². The van der Waals surface area contributed by atoms with Crippen molar-refractivity contribution in [3.05, 3.63) is 36.8 Å². The standard InChI is InChI=1S/C30H36N6O3/c1-18(37)34-13-23-12-22(34)14-35(23)20-10-21(11-20)36-15-26(27-28(31)32-17-33-29(27)36)19-3-2-4-25(9-19)38-16-30-7-5-24(39-30)6-8-30/h2-4,9,15,17,20-24H,5-8,10-14,16H2,1H3,(H2,31,32,33)/t20?,21?,22?,23?,24-,30+. The van der Waals surface area contributed by atoms with E-state index >= 15 is 0 Å². The van der Waals surface area contributed by atoms with E-state index in [4.69, 9.17) is 15.2 Å². The van der Waals surface area contributed by atoms with Gasteiger partial charge in [0.1, 0.15) is 35.7 Å². The van der Waals surface area contributed by atoms with Crippen LogP contribution in [0, 0.1) is 0 Å². The molecule has 6 heterocycles. The highest BCUT2D eigenvalue weighted by Crippen LogP contribution is 2.46. The molecule has 2 atom stereocenters. The summed E-state index contributed by atoms with van der Waals surface area (Å²) in [4.78, 5) is 25.7. The van der Waals surface area contributed by atoms with Crippen molar-refractivity contribution >= 4 is 22.8 Å².